The Balaban J connectivity index is 2.11. The number of rotatable bonds is 3. The van der Waals surface area contributed by atoms with Gasteiger partial charge < -0.3 is 10.6 Å². The van der Waals surface area contributed by atoms with E-state index in [1.165, 1.54) is 15.2 Å². The summed E-state index contributed by atoms with van der Waals surface area (Å²) in [5.41, 5.74) is 5.65. The van der Waals surface area contributed by atoms with E-state index in [4.69, 9.17) is 5.73 Å². The van der Waals surface area contributed by atoms with Crippen LogP contribution in [-0.4, -0.2) is 59.5 Å². The first kappa shape index (κ1) is 15.8. The molecule has 0 aliphatic carbocycles. The normalized spacial score (nSPS) is 17.4. The number of amides is 1. The molecule has 1 aromatic rings. The van der Waals surface area contributed by atoms with Gasteiger partial charge in [0, 0.05) is 45.3 Å². The summed E-state index contributed by atoms with van der Waals surface area (Å²) in [5.74, 6) is -0.0340. The molecule has 1 fully saturated rings. The SMILES string of the molecule is CC(C)C(=O)N1CCN(S(=O)(=O)c2cn(C)nc2N)CC1. The molecule has 2 heterocycles. The molecule has 1 aliphatic heterocycles. The molecule has 0 atom stereocenters. The number of hydrogen-bond donors (Lipinski definition) is 1. The monoisotopic (exact) mass is 315 g/mol. The molecule has 1 aliphatic rings. The van der Waals surface area contributed by atoms with Crippen LogP contribution in [0.4, 0.5) is 5.82 Å². The molecule has 0 bridgehead atoms. The lowest BCUT2D eigenvalue weighted by atomic mass is 10.2. The highest BCUT2D eigenvalue weighted by atomic mass is 32.2. The Kier molecular flexibility index (Phi) is 4.24. The molecule has 9 heteroatoms. The van der Waals surface area contributed by atoms with Crippen molar-refractivity contribution in [2.45, 2.75) is 18.7 Å². The number of aryl methyl sites for hydroxylation is 1. The van der Waals surface area contributed by atoms with Crippen LogP contribution in [0.25, 0.3) is 0 Å². The van der Waals surface area contributed by atoms with Gasteiger partial charge in [0.2, 0.25) is 15.9 Å². The Morgan fingerprint density at radius 1 is 1.29 bits per heavy atom. The fraction of sp³-hybridized carbons (Fsp3) is 0.667. The van der Waals surface area contributed by atoms with Crippen molar-refractivity contribution in [3.8, 4) is 0 Å². The first-order valence-electron chi connectivity index (χ1n) is 6.81. The number of anilines is 1. The second-order valence-corrected chi connectivity index (χ2v) is 7.34. The molecule has 0 aromatic carbocycles. The maximum Gasteiger partial charge on any atom is 0.248 e. The fourth-order valence-corrected chi connectivity index (χ4v) is 3.85. The summed E-state index contributed by atoms with van der Waals surface area (Å²) in [6.45, 7) is 5.01. The Morgan fingerprint density at radius 3 is 2.29 bits per heavy atom. The van der Waals surface area contributed by atoms with Gasteiger partial charge in [-0.3, -0.25) is 9.48 Å². The molecule has 1 amide bonds. The van der Waals surface area contributed by atoms with Crippen LogP contribution < -0.4 is 5.73 Å². The molecule has 8 nitrogen and oxygen atoms in total. The lowest BCUT2D eigenvalue weighted by molar-refractivity contribution is -0.135. The molecule has 1 aromatic heterocycles. The van der Waals surface area contributed by atoms with Crippen LogP contribution in [0, 0.1) is 5.92 Å². The van der Waals surface area contributed by atoms with E-state index in [0.717, 1.165) is 0 Å². The van der Waals surface area contributed by atoms with E-state index in [2.05, 4.69) is 5.10 Å². The van der Waals surface area contributed by atoms with Crippen molar-refractivity contribution in [2.75, 3.05) is 31.9 Å². The van der Waals surface area contributed by atoms with Gasteiger partial charge in [-0.25, -0.2) is 8.42 Å². The number of carbonyl (C=O) groups excluding carboxylic acids is 1. The van der Waals surface area contributed by atoms with Crippen LogP contribution in [0.15, 0.2) is 11.1 Å². The van der Waals surface area contributed by atoms with E-state index >= 15 is 0 Å². The van der Waals surface area contributed by atoms with Gasteiger partial charge in [-0.2, -0.15) is 9.40 Å². The highest BCUT2D eigenvalue weighted by molar-refractivity contribution is 7.89. The van der Waals surface area contributed by atoms with Crippen LogP contribution in [0.5, 0.6) is 0 Å². The highest BCUT2D eigenvalue weighted by Crippen LogP contribution is 2.22. The largest absolute Gasteiger partial charge is 0.381 e. The molecule has 0 saturated carbocycles. The fourth-order valence-electron chi connectivity index (χ4n) is 2.34. The molecule has 0 spiro atoms. The standard InChI is InChI=1S/C12H21N5O3S/c1-9(2)12(18)16-4-6-17(7-5-16)21(19,20)10-8-15(3)14-11(10)13/h8-9H,4-7H2,1-3H3,(H2,13,14). The van der Waals surface area contributed by atoms with Gasteiger partial charge in [0.05, 0.1) is 0 Å². The van der Waals surface area contributed by atoms with Crippen LogP contribution in [0.3, 0.4) is 0 Å². The number of nitrogens with two attached hydrogens (primary N) is 1. The van der Waals surface area contributed by atoms with Crippen molar-refractivity contribution < 1.29 is 13.2 Å². The molecular formula is C12H21N5O3S. The summed E-state index contributed by atoms with van der Waals surface area (Å²) in [4.78, 5) is 13.6. The summed E-state index contributed by atoms with van der Waals surface area (Å²) < 4.78 is 27.8. The topological polar surface area (TPSA) is 102 Å². The Morgan fingerprint density at radius 2 is 1.86 bits per heavy atom. The molecule has 1 saturated heterocycles. The lowest BCUT2D eigenvalue weighted by Crippen LogP contribution is -2.51. The van der Waals surface area contributed by atoms with Gasteiger partial charge in [0.25, 0.3) is 0 Å². The number of nitrogens with zero attached hydrogens (tertiary/aromatic N) is 4. The number of piperazine rings is 1. The average Bonchev–Trinajstić information content (AvgIpc) is 2.77. The Hall–Kier alpha value is -1.61. The van der Waals surface area contributed by atoms with E-state index in [1.54, 1.807) is 11.9 Å². The predicted octanol–water partition coefficient (Wildman–Crippen LogP) is -0.509. The minimum Gasteiger partial charge on any atom is -0.381 e. The molecule has 118 valence electrons. The lowest BCUT2D eigenvalue weighted by Gasteiger charge is -2.34. The van der Waals surface area contributed by atoms with Crippen molar-refractivity contribution in [1.82, 2.24) is 19.0 Å². The molecule has 0 radical (unpaired) electrons. The van der Waals surface area contributed by atoms with Crippen LogP contribution in [0.1, 0.15) is 13.8 Å². The second-order valence-electron chi connectivity index (χ2n) is 5.44. The predicted molar refractivity (Wildman–Crippen MR) is 77.8 cm³/mol. The third kappa shape index (κ3) is 3.03. The highest BCUT2D eigenvalue weighted by Gasteiger charge is 2.32. The summed E-state index contributed by atoms with van der Waals surface area (Å²) in [5, 5.41) is 3.86. The minimum absolute atomic E-state index is 0.00168. The molecule has 21 heavy (non-hydrogen) atoms. The Labute approximate surface area is 124 Å². The van der Waals surface area contributed by atoms with Crippen molar-refractivity contribution >= 4 is 21.7 Å². The number of sulfonamides is 1. The van der Waals surface area contributed by atoms with Crippen LogP contribution in [-0.2, 0) is 21.9 Å². The smallest absolute Gasteiger partial charge is 0.248 e. The first-order valence-corrected chi connectivity index (χ1v) is 8.25. The van der Waals surface area contributed by atoms with Gasteiger partial charge in [-0.15, -0.1) is 0 Å². The Bertz CT molecular complexity index is 629. The van der Waals surface area contributed by atoms with Gasteiger partial charge in [-0.1, -0.05) is 13.8 Å². The quantitative estimate of drug-likeness (QED) is 0.809. The molecule has 2 N–H and O–H groups in total. The van der Waals surface area contributed by atoms with E-state index in [0.29, 0.717) is 13.1 Å². The molecule has 0 unspecified atom stereocenters. The van der Waals surface area contributed by atoms with Crippen LogP contribution in [0.2, 0.25) is 0 Å². The summed E-state index contributed by atoms with van der Waals surface area (Å²) in [6.07, 6.45) is 1.40. The maximum absolute atomic E-state index is 12.5. The minimum atomic E-state index is -3.65. The van der Waals surface area contributed by atoms with E-state index in [1.807, 2.05) is 13.8 Å². The average molecular weight is 315 g/mol. The molecule has 2 rings (SSSR count). The van der Waals surface area contributed by atoms with Crippen molar-refractivity contribution in [3.63, 3.8) is 0 Å². The van der Waals surface area contributed by atoms with Crippen molar-refractivity contribution in [3.05, 3.63) is 6.20 Å². The third-order valence-corrected chi connectivity index (χ3v) is 5.40. The van der Waals surface area contributed by atoms with Gasteiger partial charge in [0.15, 0.2) is 5.82 Å². The summed E-state index contributed by atoms with van der Waals surface area (Å²) in [6, 6.07) is 0. The van der Waals surface area contributed by atoms with E-state index < -0.39 is 10.0 Å². The van der Waals surface area contributed by atoms with Crippen molar-refractivity contribution in [1.29, 1.82) is 0 Å². The number of aromatic nitrogens is 2. The van der Waals surface area contributed by atoms with Crippen LogP contribution >= 0.6 is 0 Å². The zero-order valence-corrected chi connectivity index (χ0v) is 13.3. The number of hydrogen-bond acceptors (Lipinski definition) is 5. The van der Waals surface area contributed by atoms with E-state index in [9.17, 15) is 13.2 Å². The van der Waals surface area contributed by atoms with Gasteiger partial charge >= 0.3 is 0 Å². The van der Waals surface area contributed by atoms with Crippen molar-refractivity contribution in [2.24, 2.45) is 13.0 Å². The zero-order chi connectivity index (χ0) is 15.8. The first-order chi connectivity index (χ1) is 9.73. The van der Waals surface area contributed by atoms with E-state index in [-0.39, 0.29) is 35.6 Å². The summed E-state index contributed by atoms with van der Waals surface area (Å²) in [7, 11) is -2.03. The van der Waals surface area contributed by atoms with Gasteiger partial charge in [0.1, 0.15) is 4.90 Å². The number of nitrogen functional groups attached to an aromatic ring is 1. The third-order valence-electron chi connectivity index (χ3n) is 3.48. The number of carbonyl (C=O) groups is 1. The second kappa shape index (κ2) is 5.64. The zero-order valence-electron chi connectivity index (χ0n) is 12.5. The maximum atomic E-state index is 12.5. The molecular weight excluding hydrogens is 294 g/mol. The summed E-state index contributed by atoms with van der Waals surface area (Å²) >= 11 is 0. The van der Waals surface area contributed by atoms with Gasteiger partial charge in [-0.05, 0) is 0 Å².